The summed E-state index contributed by atoms with van der Waals surface area (Å²) < 4.78 is 43.4. The Bertz CT molecular complexity index is 1070. The second-order valence-electron chi connectivity index (χ2n) is 6.55. The molecule has 0 aliphatic carbocycles. The van der Waals surface area contributed by atoms with Crippen molar-refractivity contribution in [1.29, 1.82) is 5.26 Å². The van der Waals surface area contributed by atoms with E-state index in [1.807, 2.05) is 6.07 Å². The molecule has 0 unspecified atom stereocenters. The Hall–Kier alpha value is -3.13. The summed E-state index contributed by atoms with van der Waals surface area (Å²) in [6.45, 7) is 2.97. The standard InChI is InChI=1S/C21H23N3O6S/c1-2-29-20-8-7-17(31(26,27)24-9-11-28-12-10-24)13-18(20)23-21(25)15-30-19-6-4-3-5-16(19)14-22/h3-8,13H,2,9-12,15H2,1H3,(H,23,25). The smallest absolute Gasteiger partial charge is 0.262 e. The largest absolute Gasteiger partial charge is 0.492 e. The molecule has 0 spiro atoms. The van der Waals surface area contributed by atoms with E-state index < -0.39 is 15.9 Å². The van der Waals surface area contributed by atoms with Gasteiger partial charge in [0.1, 0.15) is 17.6 Å². The first-order valence-corrected chi connectivity index (χ1v) is 11.2. The molecular weight excluding hydrogens is 422 g/mol. The van der Waals surface area contributed by atoms with Crippen LogP contribution in [0.1, 0.15) is 12.5 Å². The number of para-hydroxylation sites is 1. The van der Waals surface area contributed by atoms with Gasteiger partial charge in [-0.05, 0) is 37.3 Å². The topological polar surface area (TPSA) is 118 Å². The van der Waals surface area contributed by atoms with Crippen LogP contribution < -0.4 is 14.8 Å². The number of nitrogens with zero attached hydrogens (tertiary/aromatic N) is 2. The van der Waals surface area contributed by atoms with Gasteiger partial charge in [0.25, 0.3) is 5.91 Å². The van der Waals surface area contributed by atoms with Gasteiger partial charge in [-0.25, -0.2) is 8.42 Å². The molecule has 0 aromatic heterocycles. The van der Waals surface area contributed by atoms with Crippen molar-refractivity contribution in [2.45, 2.75) is 11.8 Å². The van der Waals surface area contributed by atoms with Crippen LogP contribution in [0.15, 0.2) is 47.4 Å². The van der Waals surface area contributed by atoms with Gasteiger partial charge in [-0.2, -0.15) is 9.57 Å². The van der Waals surface area contributed by atoms with Crippen LogP contribution in [0.25, 0.3) is 0 Å². The molecule has 2 aromatic carbocycles. The molecule has 0 radical (unpaired) electrons. The Balaban J connectivity index is 1.77. The summed E-state index contributed by atoms with van der Waals surface area (Å²) in [4.78, 5) is 12.5. The molecule has 3 rings (SSSR count). The number of ether oxygens (including phenoxy) is 3. The summed E-state index contributed by atoms with van der Waals surface area (Å²) in [6, 6.07) is 12.9. The zero-order chi connectivity index (χ0) is 22.3. The molecule has 1 aliphatic rings. The van der Waals surface area contributed by atoms with Crippen molar-refractivity contribution in [2.75, 3.05) is 44.8 Å². The Morgan fingerprint density at radius 1 is 1.16 bits per heavy atom. The van der Waals surface area contributed by atoms with Crippen LogP contribution in [0.2, 0.25) is 0 Å². The number of hydrogen-bond acceptors (Lipinski definition) is 7. The number of amides is 1. The van der Waals surface area contributed by atoms with Gasteiger partial charge in [-0.3, -0.25) is 4.79 Å². The van der Waals surface area contributed by atoms with Crippen LogP contribution in [0.3, 0.4) is 0 Å². The average Bonchev–Trinajstić information content (AvgIpc) is 2.79. The molecule has 1 heterocycles. The fraction of sp³-hybridized carbons (Fsp3) is 0.333. The normalized spacial score (nSPS) is 14.5. The first-order chi connectivity index (χ1) is 15.0. The molecule has 31 heavy (non-hydrogen) atoms. The van der Waals surface area contributed by atoms with E-state index in [0.29, 0.717) is 31.1 Å². The van der Waals surface area contributed by atoms with Crippen molar-refractivity contribution in [2.24, 2.45) is 0 Å². The highest BCUT2D eigenvalue weighted by atomic mass is 32.2. The lowest BCUT2D eigenvalue weighted by Gasteiger charge is -2.26. The predicted molar refractivity (Wildman–Crippen MR) is 112 cm³/mol. The van der Waals surface area contributed by atoms with Crippen LogP contribution in [-0.4, -0.2) is 58.1 Å². The highest BCUT2D eigenvalue weighted by Gasteiger charge is 2.27. The Labute approximate surface area is 181 Å². The molecule has 1 saturated heterocycles. The number of nitrogens with one attached hydrogen (secondary N) is 1. The van der Waals surface area contributed by atoms with E-state index in [0.717, 1.165) is 0 Å². The fourth-order valence-electron chi connectivity index (χ4n) is 3.00. The van der Waals surface area contributed by atoms with E-state index in [9.17, 15) is 13.2 Å². The number of anilines is 1. The molecule has 1 N–H and O–H groups in total. The number of hydrogen-bond donors (Lipinski definition) is 1. The number of carbonyl (C=O) groups excluding carboxylic acids is 1. The minimum Gasteiger partial charge on any atom is -0.492 e. The zero-order valence-electron chi connectivity index (χ0n) is 17.0. The van der Waals surface area contributed by atoms with Gasteiger partial charge in [0, 0.05) is 13.1 Å². The Morgan fingerprint density at radius 2 is 1.90 bits per heavy atom. The molecule has 10 heteroatoms. The number of carbonyl (C=O) groups is 1. The third-order valence-electron chi connectivity index (χ3n) is 4.50. The predicted octanol–water partition coefficient (Wildman–Crippen LogP) is 2.00. The number of rotatable bonds is 8. The average molecular weight is 445 g/mol. The Morgan fingerprint density at radius 3 is 2.61 bits per heavy atom. The summed E-state index contributed by atoms with van der Waals surface area (Å²) in [6.07, 6.45) is 0. The van der Waals surface area contributed by atoms with Crippen molar-refractivity contribution in [3.8, 4) is 17.6 Å². The van der Waals surface area contributed by atoms with Crippen LogP contribution in [-0.2, 0) is 19.6 Å². The lowest BCUT2D eigenvalue weighted by molar-refractivity contribution is -0.118. The van der Waals surface area contributed by atoms with E-state index >= 15 is 0 Å². The van der Waals surface area contributed by atoms with Gasteiger partial charge < -0.3 is 19.5 Å². The van der Waals surface area contributed by atoms with Crippen molar-refractivity contribution < 1.29 is 27.4 Å². The summed E-state index contributed by atoms with van der Waals surface area (Å²) in [5, 5.41) is 11.8. The maximum atomic E-state index is 12.9. The van der Waals surface area contributed by atoms with Crippen molar-refractivity contribution in [3.63, 3.8) is 0 Å². The second kappa shape index (κ2) is 10.3. The molecule has 1 amide bonds. The summed E-state index contributed by atoms with van der Waals surface area (Å²) in [5.41, 5.74) is 0.530. The van der Waals surface area contributed by atoms with E-state index in [-0.39, 0.29) is 36.0 Å². The van der Waals surface area contributed by atoms with Crippen LogP contribution in [0, 0.1) is 11.3 Å². The van der Waals surface area contributed by atoms with Crippen LogP contribution in [0.4, 0.5) is 5.69 Å². The maximum absolute atomic E-state index is 12.9. The van der Waals surface area contributed by atoms with Gasteiger partial charge in [0.15, 0.2) is 6.61 Å². The quantitative estimate of drug-likeness (QED) is 0.660. The zero-order valence-corrected chi connectivity index (χ0v) is 17.9. The van der Waals surface area contributed by atoms with Gasteiger partial charge in [0.2, 0.25) is 10.0 Å². The second-order valence-corrected chi connectivity index (χ2v) is 8.49. The summed E-state index contributed by atoms with van der Waals surface area (Å²) >= 11 is 0. The van der Waals surface area contributed by atoms with E-state index in [4.69, 9.17) is 19.5 Å². The van der Waals surface area contributed by atoms with Gasteiger partial charge in [-0.1, -0.05) is 12.1 Å². The molecule has 2 aromatic rings. The number of benzene rings is 2. The van der Waals surface area contributed by atoms with Gasteiger partial charge >= 0.3 is 0 Å². The molecule has 1 aliphatic heterocycles. The minimum atomic E-state index is -3.74. The summed E-state index contributed by atoms with van der Waals surface area (Å²) in [7, 11) is -3.74. The lowest BCUT2D eigenvalue weighted by atomic mass is 10.2. The third-order valence-corrected chi connectivity index (χ3v) is 6.39. The highest BCUT2D eigenvalue weighted by molar-refractivity contribution is 7.89. The molecule has 164 valence electrons. The van der Waals surface area contributed by atoms with E-state index in [1.165, 1.54) is 22.5 Å². The third kappa shape index (κ3) is 5.52. The molecular formula is C21H23N3O6S. The molecule has 9 nitrogen and oxygen atoms in total. The SMILES string of the molecule is CCOc1ccc(S(=O)(=O)N2CCOCC2)cc1NC(=O)COc1ccccc1C#N. The molecule has 0 saturated carbocycles. The Kier molecular flexibility index (Phi) is 7.46. The molecule has 0 atom stereocenters. The van der Waals surface area contributed by atoms with Gasteiger partial charge in [0.05, 0.1) is 36.0 Å². The number of morpholine rings is 1. The number of sulfonamides is 1. The molecule has 0 bridgehead atoms. The fourth-order valence-corrected chi connectivity index (χ4v) is 4.43. The summed E-state index contributed by atoms with van der Waals surface area (Å²) in [5.74, 6) is 0.109. The minimum absolute atomic E-state index is 0.0453. The number of nitriles is 1. The first-order valence-electron chi connectivity index (χ1n) is 9.72. The monoisotopic (exact) mass is 445 g/mol. The van der Waals surface area contributed by atoms with E-state index in [1.54, 1.807) is 31.2 Å². The first kappa shape index (κ1) is 22.6. The van der Waals surface area contributed by atoms with Crippen LogP contribution in [0.5, 0.6) is 11.5 Å². The van der Waals surface area contributed by atoms with Crippen molar-refractivity contribution >= 4 is 21.6 Å². The molecule has 1 fully saturated rings. The van der Waals surface area contributed by atoms with Crippen molar-refractivity contribution in [3.05, 3.63) is 48.0 Å². The van der Waals surface area contributed by atoms with Gasteiger partial charge in [-0.15, -0.1) is 0 Å². The van der Waals surface area contributed by atoms with E-state index in [2.05, 4.69) is 5.32 Å². The highest BCUT2D eigenvalue weighted by Crippen LogP contribution is 2.29. The van der Waals surface area contributed by atoms with Crippen molar-refractivity contribution in [1.82, 2.24) is 4.31 Å². The van der Waals surface area contributed by atoms with Crippen LogP contribution >= 0.6 is 0 Å². The maximum Gasteiger partial charge on any atom is 0.262 e. The lowest BCUT2D eigenvalue weighted by Crippen LogP contribution is -2.40.